The van der Waals surface area contributed by atoms with Crippen LogP contribution >= 0.6 is 0 Å². The molecule has 1 aliphatic rings. The van der Waals surface area contributed by atoms with Crippen molar-refractivity contribution >= 4 is 11.9 Å². The van der Waals surface area contributed by atoms with Crippen LogP contribution in [-0.2, 0) is 11.8 Å². The van der Waals surface area contributed by atoms with E-state index in [1.54, 1.807) is 30.1 Å². The molecule has 1 unspecified atom stereocenters. The summed E-state index contributed by atoms with van der Waals surface area (Å²) in [5, 5.41) is 10.8. The fourth-order valence-corrected chi connectivity index (χ4v) is 3.29. The lowest BCUT2D eigenvalue weighted by Gasteiger charge is -2.23. The summed E-state index contributed by atoms with van der Waals surface area (Å²) in [4.78, 5) is 23.5. The first-order valence-corrected chi connectivity index (χ1v) is 9.59. The number of ether oxygens (including phenoxy) is 1. The first-order chi connectivity index (χ1) is 13.4. The van der Waals surface area contributed by atoms with Gasteiger partial charge in [0.15, 0.2) is 0 Å². The van der Waals surface area contributed by atoms with Crippen molar-refractivity contribution in [3.8, 4) is 11.4 Å². The van der Waals surface area contributed by atoms with Gasteiger partial charge >= 0.3 is 0 Å². The van der Waals surface area contributed by atoms with E-state index in [9.17, 15) is 4.79 Å². The number of rotatable bonds is 7. The van der Waals surface area contributed by atoms with Crippen LogP contribution in [0.15, 0.2) is 18.3 Å². The van der Waals surface area contributed by atoms with Gasteiger partial charge in [-0.15, -0.1) is 0 Å². The highest BCUT2D eigenvalue weighted by atomic mass is 16.5. The fourth-order valence-electron chi connectivity index (χ4n) is 3.29. The second-order valence-electron chi connectivity index (χ2n) is 7.47. The Morgan fingerprint density at radius 3 is 2.82 bits per heavy atom. The first-order valence-electron chi connectivity index (χ1n) is 9.59. The number of likely N-dealkylation sites (N-methyl/N-ethyl adjacent to an activating group) is 1. The average Bonchev–Trinajstić information content (AvgIpc) is 3.04. The molecule has 0 radical (unpaired) electrons. The normalized spacial score (nSPS) is 16.2. The molecule has 2 N–H and O–H groups in total. The van der Waals surface area contributed by atoms with E-state index < -0.39 is 0 Å². The van der Waals surface area contributed by atoms with Crippen molar-refractivity contribution in [1.29, 1.82) is 0 Å². The molecular weight excluding hydrogens is 358 g/mol. The maximum Gasteiger partial charge on any atom is 0.269 e. The first kappa shape index (κ1) is 20.2. The van der Waals surface area contributed by atoms with E-state index in [1.165, 1.54) is 0 Å². The van der Waals surface area contributed by atoms with E-state index in [-0.39, 0.29) is 11.9 Å². The number of aryl methyl sites for hydroxylation is 1. The standard InChI is InChI=1S/C19H29N7O2/c1-13(12-25(2)3)21-18(27)17-11-16(24-26(17)4)15-5-8-20-19(23-15)22-14-6-9-28-10-7-14/h5,8,11,13-14H,6-7,9-10,12H2,1-4H3,(H,21,27)(H,20,22,23). The van der Waals surface area contributed by atoms with Gasteiger partial charge in [0.25, 0.3) is 5.91 Å². The molecule has 2 aromatic rings. The van der Waals surface area contributed by atoms with E-state index in [0.717, 1.165) is 32.6 Å². The molecule has 0 aliphatic carbocycles. The van der Waals surface area contributed by atoms with Crippen LogP contribution in [0.25, 0.3) is 11.4 Å². The van der Waals surface area contributed by atoms with Crippen molar-refractivity contribution in [3.05, 3.63) is 24.0 Å². The number of carbonyl (C=O) groups excluding carboxylic acids is 1. The van der Waals surface area contributed by atoms with Gasteiger partial charge in [-0.1, -0.05) is 0 Å². The third kappa shape index (κ3) is 5.26. The Balaban J connectivity index is 1.71. The summed E-state index contributed by atoms with van der Waals surface area (Å²) in [6.45, 7) is 4.25. The number of amides is 1. The number of anilines is 1. The second-order valence-corrected chi connectivity index (χ2v) is 7.47. The van der Waals surface area contributed by atoms with E-state index in [0.29, 0.717) is 29.1 Å². The molecule has 0 spiro atoms. The Morgan fingerprint density at radius 1 is 1.36 bits per heavy atom. The lowest BCUT2D eigenvalue weighted by atomic mass is 10.1. The molecule has 3 rings (SSSR count). The maximum absolute atomic E-state index is 12.6. The van der Waals surface area contributed by atoms with Crippen LogP contribution in [0.4, 0.5) is 5.95 Å². The van der Waals surface area contributed by atoms with Gasteiger partial charge in [0.1, 0.15) is 11.4 Å². The van der Waals surface area contributed by atoms with Gasteiger partial charge in [-0.3, -0.25) is 9.48 Å². The van der Waals surface area contributed by atoms with Gasteiger partial charge in [-0.25, -0.2) is 9.97 Å². The highest BCUT2D eigenvalue weighted by Gasteiger charge is 2.18. The lowest BCUT2D eigenvalue weighted by Crippen LogP contribution is -2.40. The van der Waals surface area contributed by atoms with E-state index in [2.05, 4.69) is 25.7 Å². The van der Waals surface area contributed by atoms with Crippen LogP contribution < -0.4 is 10.6 Å². The third-order valence-corrected chi connectivity index (χ3v) is 4.60. The smallest absolute Gasteiger partial charge is 0.269 e. The molecule has 1 fully saturated rings. The Bertz CT molecular complexity index is 799. The van der Waals surface area contributed by atoms with E-state index in [4.69, 9.17) is 4.74 Å². The molecule has 0 bridgehead atoms. The molecule has 9 nitrogen and oxygen atoms in total. The summed E-state index contributed by atoms with van der Waals surface area (Å²) in [6.07, 6.45) is 3.58. The molecule has 3 heterocycles. The monoisotopic (exact) mass is 387 g/mol. The Morgan fingerprint density at radius 2 is 2.11 bits per heavy atom. The number of hydrogen-bond donors (Lipinski definition) is 2. The second kappa shape index (κ2) is 9.11. The van der Waals surface area contributed by atoms with Crippen LogP contribution in [0.3, 0.4) is 0 Å². The van der Waals surface area contributed by atoms with Crippen LogP contribution in [0, 0.1) is 0 Å². The topological polar surface area (TPSA) is 97.2 Å². The van der Waals surface area contributed by atoms with E-state index in [1.807, 2.05) is 25.9 Å². The van der Waals surface area contributed by atoms with Crippen molar-refractivity contribution in [2.75, 3.05) is 39.2 Å². The van der Waals surface area contributed by atoms with Crippen molar-refractivity contribution < 1.29 is 9.53 Å². The number of hydrogen-bond acceptors (Lipinski definition) is 7. The van der Waals surface area contributed by atoms with Gasteiger partial charge < -0.3 is 20.3 Å². The summed E-state index contributed by atoms with van der Waals surface area (Å²) < 4.78 is 6.97. The van der Waals surface area contributed by atoms with Gasteiger partial charge in [0.2, 0.25) is 5.95 Å². The molecule has 1 aliphatic heterocycles. The molecule has 1 amide bonds. The summed E-state index contributed by atoms with van der Waals surface area (Å²) in [7, 11) is 5.72. The summed E-state index contributed by atoms with van der Waals surface area (Å²) >= 11 is 0. The van der Waals surface area contributed by atoms with Crippen molar-refractivity contribution in [2.45, 2.75) is 31.8 Å². The van der Waals surface area contributed by atoms with Crippen molar-refractivity contribution in [3.63, 3.8) is 0 Å². The molecule has 28 heavy (non-hydrogen) atoms. The van der Waals surface area contributed by atoms with Gasteiger partial charge in [-0.2, -0.15) is 5.10 Å². The number of aromatic nitrogens is 4. The highest BCUT2D eigenvalue weighted by molar-refractivity contribution is 5.93. The third-order valence-electron chi connectivity index (χ3n) is 4.60. The molecule has 9 heteroatoms. The minimum absolute atomic E-state index is 0.0372. The van der Waals surface area contributed by atoms with Gasteiger partial charge in [0, 0.05) is 45.1 Å². The summed E-state index contributed by atoms with van der Waals surface area (Å²) in [5.74, 6) is 0.422. The summed E-state index contributed by atoms with van der Waals surface area (Å²) in [5.41, 5.74) is 1.82. The highest BCUT2D eigenvalue weighted by Crippen LogP contribution is 2.19. The Kier molecular flexibility index (Phi) is 6.58. The van der Waals surface area contributed by atoms with Gasteiger partial charge in [-0.05, 0) is 46.0 Å². The number of carbonyl (C=O) groups is 1. The SMILES string of the molecule is CC(CN(C)C)NC(=O)c1cc(-c2ccnc(NC3CCOCC3)n2)nn1C. The molecule has 1 atom stereocenters. The molecule has 0 aromatic carbocycles. The number of nitrogens with one attached hydrogen (secondary N) is 2. The van der Waals surface area contributed by atoms with Crippen LogP contribution in [0.2, 0.25) is 0 Å². The fraction of sp³-hybridized carbons (Fsp3) is 0.579. The Hall–Kier alpha value is -2.52. The molecule has 2 aromatic heterocycles. The van der Waals surface area contributed by atoms with Crippen LogP contribution in [0.5, 0.6) is 0 Å². The van der Waals surface area contributed by atoms with Crippen LogP contribution in [0.1, 0.15) is 30.3 Å². The Labute approximate surface area is 165 Å². The molecular formula is C19H29N7O2. The predicted molar refractivity (Wildman–Crippen MR) is 107 cm³/mol. The van der Waals surface area contributed by atoms with Crippen molar-refractivity contribution in [1.82, 2.24) is 30.0 Å². The largest absolute Gasteiger partial charge is 0.381 e. The predicted octanol–water partition coefficient (Wildman–Crippen LogP) is 1.15. The van der Waals surface area contributed by atoms with Crippen molar-refractivity contribution in [2.24, 2.45) is 7.05 Å². The zero-order valence-corrected chi connectivity index (χ0v) is 17.0. The molecule has 152 valence electrons. The quantitative estimate of drug-likeness (QED) is 0.735. The van der Waals surface area contributed by atoms with E-state index >= 15 is 0 Å². The minimum Gasteiger partial charge on any atom is -0.381 e. The zero-order chi connectivity index (χ0) is 20.1. The zero-order valence-electron chi connectivity index (χ0n) is 17.0. The summed E-state index contributed by atoms with van der Waals surface area (Å²) in [6, 6.07) is 3.91. The lowest BCUT2D eigenvalue weighted by molar-refractivity contribution is 0.0902. The number of nitrogens with zero attached hydrogens (tertiary/aromatic N) is 5. The minimum atomic E-state index is -0.148. The average molecular weight is 387 g/mol. The molecule has 1 saturated heterocycles. The maximum atomic E-state index is 12.6. The molecule has 0 saturated carbocycles. The van der Waals surface area contributed by atoms with Crippen LogP contribution in [-0.4, -0.2) is 76.5 Å². The van der Waals surface area contributed by atoms with Gasteiger partial charge in [0.05, 0.1) is 5.69 Å².